The summed E-state index contributed by atoms with van der Waals surface area (Å²) in [6.07, 6.45) is -1.69. The minimum absolute atomic E-state index is 0.249. The van der Waals surface area contributed by atoms with Crippen molar-refractivity contribution in [1.82, 2.24) is 9.78 Å². The van der Waals surface area contributed by atoms with Crippen molar-refractivity contribution in [2.24, 2.45) is 0 Å². The fourth-order valence-corrected chi connectivity index (χ4v) is 3.50. The van der Waals surface area contributed by atoms with Crippen LogP contribution in [0, 0.1) is 6.92 Å². The third-order valence-corrected chi connectivity index (χ3v) is 4.74. The lowest BCUT2D eigenvalue weighted by atomic mass is 10.0. The monoisotopic (exact) mass is 387 g/mol. The van der Waals surface area contributed by atoms with Crippen molar-refractivity contribution in [3.63, 3.8) is 0 Å². The van der Waals surface area contributed by atoms with E-state index in [2.05, 4.69) is 16.1 Å². The molecule has 0 spiro atoms. The van der Waals surface area contributed by atoms with Gasteiger partial charge < -0.3 is 10.1 Å². The predicted molar refractivity (Wildman–Crippen MR) is 102 cm³/mol. The second-order valence-electron chi connectivity index (χ2n) is 6.88. The van der Waals surface area contributed by atoms with Gasteiger partial charge in [-0.1, -0.05) is 23.8 Å². The van der Waals surface area contributed by atoms with Gasteiger partial charge in [0.25, 0.3) is 0 Å². The lowest BCUT2D eigenvalue weighted by molar-refractivity contribution is -0.274. The summed E-state index contributed by atoms with van der Waals surface area (Å²) in [6, 6.07) is 13.9. The van der Waals surface area contributed by atoms with Crippen molar-refractivity contribution in [2.75, 3.05) is 11.9 Å². The Morgan fingerprint density at radius 2 is 1.86 bits per heavy atom. The maximum absolute atomic E-state index is 12.4. The van der Waals surface area contributed by atoms with Gasteiger partial charge in [0.05, 0.1) is 11.4 Å². The standard InChI is InChI=1S/C21H20F3N3O/c1-14-5-4-6-15(13-14)19-18-7-2-3-12-25-20(18)27(26-19)16-8-10-17(11-9-16)28-21(22,23)24/h4-6,8-11,13,25H,2-3,7,12H2,1H3. The Morgan fingerprint density at radius 3 is 2.57 bits per heavy atom. The van der Waals surface area contributed by atoms with Crippen LogP contribution in [0.15, 0.2) is 48.5 Å². The first-order valence-electron chi connectivity index (χ1n) is 9.20. The molecule has 146 valence electrons. The number of hydrogen-bond acceptors (Lipinski definition) is 3. The fourth-order valence-electron chi connectivity index (χ4n) is 3.50. The second-order valence-corrected chi connectivity index (χ2v) is 6.88. The number of anilines is 1. The molecular formula is C21H20F3N3O. The van der Waals surface area contributed by atoms with Crippen molar-refractivity contribution in [3.8, 4) is 22.7 Å². The van der Waals surface area contributed by atoms with E-state index >= 15 is 0 Å². The molecule has 1 aliphatic heterocycles. The number of alkyl halides is 3. The fraction of sp³-hybridized carbons (Fsp3) is 0.286. The number of benzene rings is 2. The van der Waals surface area contributed by atoms with Crippen molar-refractivity contribution >= 4 is 5.82 Å². The first-order chi connectivity index (χ1) is 13.4. The number of halogens is 3. The highest BCUT2D eigenvalue weighted by atomic mass is 19.4. The molecule has 1 aromatic heterocycles. The van der Waals surface area contributed by atoms with E-state index in [1.54, 1.807) is 16.8 Å². The second kappa shape index (κ2) is 7.22. The van der Waals surface area contributed by atoms with Crippen molar-refractivity contribution in [3.05, 3.63) is 59.7 Å². The number of hydrogen-bond donors (Lipinski definition) is 1. The van der Waals surface area contributed by atoms with Crippen LogP contribution in [0.1, 0.15) is 24.0 Å². The topological polar surface area (TPSA) is 39.1 Å². The summed E-state index contributed by atoms with van der Waals surface area (Å²) in [6.45, 7) is 2.87. The highest BCUT2D eigenvalue weighted by Crippen LogP contribution is 2.34. The van der Waals surface area contributed by atoms with Gasteiger partial charge in [-0.3, -0.25) is 0 Å². The summed E-state index contributed by atoms with van der Waals surface area (Å²) in [5.41, 5.74) is 4.91. The van der Waals surface area contributed by atoms with Crippen molar-refractivity contribution in [2.45, 2.75) is 32.5 Å². The van der Waals surface area contributed by atoms with Gasteiger partial charge in [-0.05, 0) is 56.5 Å². The van der Waals surface area contributed by atoms with Gasteiger partial charge in [-0.25, -0.2) is 4.68 Å². The maximum Gasteiger partial charge on any atom is 0.573 e. The van der Waals surface area contributed by atoms with Crippen LogP contribution in [0.3, 0.4) is 0 Å². The first kappa shape index (κ1) is 18.4. The Bertz CT molecular complexity index is 978. The molecule has 0 fully saturated rings. The molecule has 0 saturated heterocycles. The Hall–Kier alpha value is -2.96. The molecule has 7 heteroatoms. The normalized spacial score (nSPS) is 14.1. The molecule has 0 aliphatic carbocycles. The molecule has 0 amide bonds. The van der Waals surface area contributed by atoms with E-state index < -0.39 is 6.36 Å². The van der Waals surface area contributed by atoms with E-state index in [0.717, 1.165) is 54.0 Å². The number of aryl methyl sites for hydroxylation is 1. The Balaban J connectivity index is 1.77. The van der Waals surface area contributed by atoms with Gasteiger partial charge in [-0.2, -0.15) is 5.10 Å². The average Bonchev–Trinajstić information content (AvgIpc) is 2.82. The van der Waals surface area contributed by atoms with Gasteiger partial charge in [0.2, 0.25) is 0 Å². The Morgan fingerprint density at radius 1 is 1.07 bits per heavy atom. The molecule has 0 atom stereocenters. The Kier molecular flexibility index (Phi) is 4.75. The minimum atomic E-state index is -4.70. The smallest absolute Gasteiger partial charge is 0.406 e. The maximum atomic E-state index is 12.4. The van der Waals surface area contributed by atoms with Gasteiger partial charge in [-0.15, -0.1) is 13.2 Å². The van der Waals surface area contributed by atoms with Crippen LogP contribution in [0.2, 0.25) is 0 Å². The zero-order chi connectivity index (χ0) is 19.7. The number of ether oxygens (including phenoxy) is 1. The molecule has 2 heterocycles. The average molecular weight is 387 g/mol. The van der Waals surface area contributed by atoms with Crippen LogP contribution in [0.25, 0.3) is 16.9 Å². The molecule has 1 aliphatic rings. The van der Waals surface area contributed by atoms with Gasteiger partial charge >= 0.3 is 6.36 Å². The van der Waals surface area contributed by atoms with Gasteiger partial charge in [0.1, 0.15) is 11.6 Å². The molecule has 28 heavy (non-hydrogen) atoms. The van der Waals surface area contributed by atoms with Gasteiger partial charge in [0.15, 0.2) is 0 Å². The largest absolute Gasteiger partial charge is 0.573 e. The lowest BCUT2D eigenvalue weighted by Crippen LogP contribution is -2.17. The SMILES string of the molecule is Cc1cccc(-c2nn(-c3ccc(OC(F)(F)F)cc3)c3c2CCCCN3)c1. The highest BCUT2D eigenvalue weighted by molar-refractivity contribution is 5.71. The van der Waals surface area contributed by atoms with Crippen molar-refractivity contribution in [1.29, 1.82) is 0 Å². The first-order valence-corrected chi connectivity index (χ1v) is 9.20. The minimum Gasteiger partial charge on any atom is -0.406 e. The molecule has 4 rings (SSSR count). The number of fused-ring (bicyclic) bond motifs is 1. The van der Waals surface area contributed by atoms with E-state index in [9.17, 15) is 13.2 Å². The van der Waals surface area contributed by atoms with Crippen LogP contribution in [-0.2, 0) is 6.42 Å². The third kappa shape index (κ3) is 3.83. The van der Waals surface area contributed by atoms with Crippen LogP contribution in [0.5, 0.6) is 5.75 Å². The van der Waals surface area contributed by atoms with E-state index in [-0.39, 0.29) is 5.75 Å². The Labute approximate surface area is 160 Å². The molecular weight excluding hydrogens is 367 g/mol. The molecule has 0 radical (unpaired) electrons. The lowest BCUT2D eigenvalue weighted by Gasteiger charge is -2.11. The van der Waals surface area contributed by atoms with Crippen LogP contribution < -0.4 is 10.1 Å². The third-order valence-electron chi connectivity index (χ3n) is 4.74. The summed E-state index contributed by atoms with van der Waals surface area (Å²) in [5.74, 6) is 0.653. The summed E-state index contributed by atoms with van der Waals surface area (Å²) in [5, 5.41) is 8.25. The molecule has 1 N–H and O–H groups in total. The van der Waals surface area contributed by atoms with Crippen molar-refractivity contribution < 1.29 is 17.9 Å². The molecule has 0 unspecified atom stereocenters. The van der Waals surface area contributed by atoms with Crippen LogP contribution in [0.4, 0.5) is 19.0 Å². The quantitative estimate of drug-likeness (QED) is 0.645. The molecule has 3 aromatic rings. The molecule has 4 nitrogen and oxygen atoms in total. The van der Waals surface area contributed by atoms with Crippen LogP contribution >= 0.6 is 0 Å². The van der Waals surface area contributed by atoms with E-state index in [1.165, 1.54) is 12.1 Å². The van der Waals surface area contributed by atoms with E-state index in [0.29, 0.717) is 5.69 Å². The predicted octanol–water partition coefficient (Wildman–Crippen LogP) is 5.49. The number of rotatable bonds is 3. The number of aromatic nitrogens is 2. The van der Waals surface area contributed by atoms with Crippen LogP contribution in [-0.4, -0.2) is 22.7 Å². The molecule has 0 bridgehead atoms. The number of nitrogens with one attached hydrogen (secondary N) is 1. The zero-order valence-corrected chi connectivity index (χ0v) is 15.4. The van der Waals surface area contributed by atoms with Gasteiger partial charge in [0, 0.05) is 17.7 Å². The van der Waals surface area contributed by atoms with E-state index in [1.807, 2.05) is 25.1 Å². The van der Waals surface area contributed by atoms with E-state index in [4.69, 9.17) is 5.10 Å². The number of nitrogens with zero attached hydrogens (tertiary/aromatic N) is 2. The summed E-state index contributed by atoms with van der Waals surface area (Å²) < 4.78 is 43.0. The summed E-state index contributed by atoms with van der Waals surface area (Å²) in [4.78, 5) is 0. The summed E-state index contributed by atoms with van der Waals surface area (Å²) >= 11 is 0. The summed E-state index contributed by atoms with van der Waals surface area (Å²) in [7, 11) is 0. The zero-order valence-electron chi connectivity index (χ0n) is 15.4. The highest BCUT2D eigenvalue weighted by Gasteiger charge is 2.31. The molecule has 0 saturated carbocycles. The molecule has 2 aromatic carbocycles.